The Hall–Kier alpha value is -1.17. The Balaban J connectivity index is 5.76. The van der Waals surface area contributed by atoms with E-state index >= 15 is 0 Å². The van der Waals surface area contributed by atoms with Gasteiger partial charge in [-0.1, -0.05) is 13.8 Å². The van der Waals surface area contributed by atoms with Gasteiger partial charge in [0.2, 0.25) is 0 Å². The van der Waals surface area contributed by atoms with E-state index in [1.807, 2.05) is 0 Å². The van der Waals surface area contributed by atoms with Gasteiger partial charge in [-0.25, -0.2) is 4.79 Å². The van der Waals surface area contributed by atoms with Gasteiger partial charge in [0, 0.05) is 5.82 Å². The highest BCUT2D eigenvalue weighted by Crippen LogP contribution is 2.51. The second-order valence-electron chi connectivity index (χ2n) is 4.32. The number of carbonyl (C=O) groups is 2. The van der Waals surface area contributed by atoms with Crippen LogP contribution in [0.2, 0.25) is 0 Å². The number of rotatable bonds is 9. The molecular weight excluding hydrogens is 287 g/mol. The van der Waals surface area contributed by atoms with Crippen molar-refractivity contribution in [3.63, 3.8) is 0 Å². The van der Waals surface area contributed by atoms with Crippen LogP contribution in [-0.4, -0.2) is 35.4 Å². The Morgan fingerprint density at radius 3 is 1.85 bits per heavy atom. The van der Waals surface area contributed by atoms with E-state index in [1.165, 1.54) is 0 Å². The van der Waals surface area contributed by atoms with Crippen LogP contribution in [0.25, 0.3) is 0 Å². The molecule has 0 saturated heterocycles. The maximum atomic E-state index is 12.3. The van der Waals surface area contributed by atoms with Gasteiger partial charge in [0.25, 0.3) is 0 Å². The first-order valence-electron chi connectivity index (χ1n) is 6.26. The highest BCUT2D eigenvalue weighted by atomic mass is 31.2. The SMILES string of the molecule is CCOP(=O)(C=C(C(=O)O)C(C(=O)O)C(C)C)OCC. The molecule has 1 unspecified atom stereocenters. The number of carboxylic acids is 2. The third-order valence-corrected chi connectivity index (χ3v) is 4.26. The van der Waals surface area contributed by atoms with Gasteiger partial charge in [-0.2, -0.15) is 0 Å². The van der Waals surface area contributed by atoms with Crippen LogP contribution in [0.5, 0.6) is 0 Å². The van der Waals surface area contributed by atoms with E-state index in [-0.39, 0.29) is 13.2 Å². The zero-order chi connectivity index (χ0) is 15.9. The average molecular weight is 308 g/mol. The van der Waals surface area contributed by atoms with Gasteiger partial charge in [-0.15, -0.1) is 0 Å². The van der Waals surface area contributed by atoms with Gasteiger partial charge in [0.05, 0.1) is 24.7 Å². The first kappa shape index (κ1) is 18.8. The minimum Gasteiger partial charge on any atom is -0.481 e. The van der Waals surface area contributed by atoms with E-state index in [2.05, 4.69) is 0 Å². The van der Waals surface area contributed by atoms with Gasteiger partial charge in [-0.05, 0) is 19.8 Å². The van der Waals surface area contributed by atoms with Crippen molar-refractivity contribution in [3.05, 3.63) is 11.4 Å². The lowest BCUT2D eigenvalue weighted by atomic mass is 9.89. The summed E-state index contributed by atoms with van der Waals surface area (Å²) < 4.78 is 22.2. The monoisotopic (exact) mass is 308 g/mol. The fourth-order valence-electron chi connectivity index (χ4n) is 1.69. The van der Waals surface area contributed by atoms with Gasteiger partial charge >= 0.3 is 19.5 Å². The lowest BCUT2D eigenvalue weighted by Gasteiger charge is -2.19. The normalized spacial score (nSPS) is 14.3. The van der Waals surface area contributed by atoms with Crippen molar-refractivity contribution in [2.45, 2.75) is 27.7 Å². The van der Waals surface area contributed by atoms with E-state index in [9.17, 15) is 19.3 Å². The van der Waals surface area contributed by atoms with Crippen LogP contribution < -0.4 is 0 Å². The largest absolute Gasteiger partial charge is 0.481 e. The Morgan fingerprint density at radius 1 is 1.15 bits per heavy atom. The van der Waals surface area contributed by atoms with Crippen molar-refractivity contribution in [2.24, 2.45) is 11.8 Å². The van der Waals surface area contributed by atoms with Gasteiger partial charge in [0.15, 0.2) is 0 Å². The zero-order valence-corrected chi connectivity index (χ0v) is 12.9. The fraction of sp³-hybridized carbons (Fsp3) is 0.667. The molecule has 20 heavy (non-hydrogen) atoms. The zero-order valence-electron chi connectivity index (χ0n) is 12.0. The predicted molar refractivity (Wildman–Crippen MR) is 72.5 cm³/mol. The molecule has 0 aromatic rings. The topological polar surface area (TPSA) is 110 Å². The van der Waals surface area contributed by atoms with Crippen molar-refractivity contribution in [2.75, 3.05) is 13.2 Å². The number of hydrogen-bond acceptors (Lipinski definition) is 5. The molecule has 0 rings (SSSR count). The molecule has 0 bridgehead atoms. The second kappa shape index (κ2) is 8.19. The summed E-state index contributed by atoms with van der Waals surface area (Å²) >= 11 is 0. The van der Waals surface area contributed by atoms with Crippen molar-refractivity contribution >= 4 is 19.5 Å². The molecule has 0 heterocycles. The first-order chi connectivity index (χ1) is 9.18. The summed E-state index contributed by atoms with van der Waals surface area (Å²) in [6, 6.07) is 0. The number of hydrogen-bond donors (Lipinski definition) is 2. The Kier molecular flexibility index (Phi) is 7.71. The quantitative estimate of drug-likeness (QED) is 0.497. The highest BCUT2D eigenvalue weighted by Gasteiger charge is 2.34. The third kappa shape index (κ3) is 5.45. The molecule has 0 saturated carbocycles. The smallest absolute Gasteiger partial charge is 0.354 e. The van der Waals surface area contributed by atoms with Crippen LogP contribution in [0, 0.1) is 11.8 Å². The molecule has 0 aromatic heterocycles. The molecule has 116 valence electrons. The molecule has 0 amide bonds. The predicted octanol–water partition coefficient (Wildman–Crippen LogP) is 2.58. The van der Waals surface area contributed by atoms with Gasteiger partial charge in [0.1, 0.15) is 0 Å². The number of carboxylic acid groups (broad SMARTS) is 2. The Morgan fingerprint density at radius 2 is 1.60 bits per heavy atom. The van der Waals surface area contributed by atoms with E-state index in [4.69, 9.17) is 14.2 Å². The first-order valence-corrected chi connectivity index (χ1v) is 7.87. The lowest BCUT2D eigenvalue weighted by molar-refractivity contribution is -0.145. The molecule has 0 spiro atoms. The van der Waals surface area contributed by atoms with Crippen molar-refractivity contribution in [3.8, 4) is 0 Å². The summed E-state index contributed by atoms with van der Waals surface area (Å²) in [5.74, 6) is -3.71. The molecule has 7 nitrogen and oxygen atoms in total. The van der Waals surface area contributed by atoms with Crippen LogP contribution in [0.4, 0.5) is 0 Å². The molecule has 2 N–H and O–H groups in total. The minimum absolute atomic E-state index is 0.0556. The third-order valence-electron chi connectivity index (χ3n) is 2.43. The minimum atomic E-state index is -3.77. The maximum Gasteiger partial charge on any atom is 0.354 e. The highest BCUT2D eigenvalue weighted by molar-refractivity contribution is 7.57. The average Bonchev–Trinajstić information content (AvgIpc) is 2.27. The molecule has 8 heteroatoms. The van der Waals surface area contributed by atoms with Crippen LogP contribution in [0.3, 0.4) is 0 Å². The summed E-state index contributed by atoms with van der Waals surface area (Å²) in [5.41, 5.74) is -0.488. The van der Waals surface area contributed by atoms with Gasteiger partial charge < -0.3 is 19.3 Å². The van der Waals surface area contributed by atoms with E-state index in [1.54, 1.807) is 27.7 Å². The molecule has 1 atom stereocenters. The van der Waals surface area contributed by atoms with E-state index < -0.39 is 36.9 Å². The summed E-state index contributed by atoms with van der Waals surface area (Å²) in [5, 5.41) is 18.3. The summed E-state index contributed by atoms with van der Waals surface area (Å²) in [6.07, 6.45) is 0. The Bertz CT molecular complexity index is 418. The van der Waals surface area contributed by atoms with E-state index in [0.29, 0.717) is 0 Å². The molecule has 0 aliphatic rings. The lowest BCUT2D eigenvalue weighted by Crippen LogP contribution is -2.26. The van der Waals surface area contributed by atoms with Crippen molar-refractivity contribution < 1.29 is 33.4 Å². The van der Waals surface area contributed by atoms with E-state index in [0.717, 1.165) is 5.82 Å². The van der Waals surface area contributed by atoms with Gasteiger partial charge in [-0.3, -0.25) is 9.36 Å². The van der Waals surface area contributed by atoms with Crippen molar-refractivity contribution in [1.82, 2.24) is 0 Å². The molecule has 0 aromatic carbocycles. The second-order valence-corrected chi connectivity index (χ2v) is 6.18. The summed E-state index contributed by atoms with van der Waals surface area (Å²) in [7, 11) is -3.77. The maximum absolute atomic E-state index is 12.3. The molecule has 0 aliphatic carbocycles. The molecule has 0 radical (unpaired) electrons. The van der Waals surface area contributed by atoms with Crippen LogP contribution >= 0.6 is 7.60 Å². The Labute approximate surface area is 118 Å². The molecule has 0 aliphatic heterocycles. The summed E-state index contributed by atoms with van der Waals surface area (Å²) in [6.45, 7) is 6.41. The van der Waals surface area contributed by atoms with Crippen LogP contribution in [0.1, 0.15) is 27.7 Å². The summed E-state index contributed by atoms with van der Waals surface area (Å²) in [4.78, 5) is 22.5. The van der Waals surface area contributed by atoms with Crippen LogP contribution in [-0.2, 0) is 23.2 Å². The number of aliphatic carboxylic acids is 2. The molecule has 0 fully saturated rings. The molecular formula is C12H21O7P. The standard InChI is InChI=1S/C12H21O7P/c1-5-18-20(17,19-6-2)7-9(11(13)14)10(8(3)4)12(15)16/h7-8,10H,5-6H2,1-4H3,(H,13,14)(H,15,16). The van der Waals surface area contributed by atoms with Crippen LogP contribution in [0.15, 0.2) is 11.4 Å². The fourth-order valence-corrected chi connectivity index (χ4v) is 3.24. The van der Waals surface area contributed by atoms with Crippen molar-refractivity contribution in [1.29, 1.82) is 0 Å².